The van der Waals surface area contributed by atoms with Crippen molar-refractivity contribution in [2.24, 2.45) is 0 Å². The maximum absolute atomic E-state index is 12.4. The Morgan fingerprint density at radius 2 is 1.87 bits per heavy atom. The molecule has 5 heteroatoms. The van der Waals surface area contributed by atoms with E-state index in [9.17, 15) is 13.2 Å². The van der Waals surface area contributed by atoms with Crippen LogP contribution in [-0.4, -0.2) is 5.33 Å². The van der Waals surface area contributed by atoms with Crippen LogP contribution in [0, 0.1) is 0 Å². The number of hydrogen-bond donors (Lipinski definition) is 0. The molecule has 0 aliphatic heterocycles. The van der Waals surface area contributed by atoms with Gasteiger partial charge in [0, 0.05) is 9.80 Å². The quantitative estimate of drug-likeness (QED) is 0.690. The summed E-state index contributed by atoms with van der Waals surface area (Å²) in [5.74, 6) is 0. The van der Waals surface area contributed by atoms with Crippen LogP contribution in [0.5, 0.6) is 0 Å². The van der Waals surface area contributed by atoms with Gasteiger partial charge in [0.2, 0.25) is 0 Å². The smallest absolute Gasteiger partial charge is 0.166 e. The van der Waals surface area contributed by atoms with E-state index < -0.39 is 11.7 Å². The van der Waals surface area contributed by atoms with Crippen molar-refractivity contribution in [3.8, 4) is 0 Å². The molecule has 0 atom stereocenters. The first kappa shape index (κ1) is 13.0. The third-order valence-corrected chi connectivity index (χ3v) is 3.29. The standard InChI is InChI=1S/C10H9Br2F3/c11-5-1-2-7-6-8(10(13,14)15)3-4-9(7)12/h3-4,6H,1-2,5H2. The molecule has 0 heterocycles. The van der Waals surface area contributed by atoms with E-state index >= 15 is 0 Å². The fourth-order valence-corrected chi connectivity index (χ4v) is 1.93. The highest BCUT2D eigenvalue weighted by atomic mass is 79.9. The zero-order chi connectivity index (χ0) is 11.5. The Hall–Kier alpha value is -0.0300. The minimum Gasteiger partial charge on any atom is -0.166 e. The van der Waals surface area contributed by atoms with Gasteiger partial charge >= 0.3 is 6.18 Å². The van der Waals surface area contributed by atoms with Crippen molar-refractivity contribution in [1.82, 2.24) is 0 Å². The average molecular weight is 346 g/mol. The van der Waals surface area contributed by atoms with E-state index in [4.69, 9.17) is 0 Å². The van der Waals surface area contributed by atoms with Gasteiger partial charge in [0.1, 0.15) is 0 Å². The Morgan fingerprint density at radius 1 is 1.20 bits per heavy atom. The van der Waals surface area contributed by atoms with E-state index in [0.717, 1.165) is 22.3 Å². The lowest BCUT2D eigenvalue weighted by molar-refractivity contribution is -0.137. The molecular formula is C10H9Br2F3. The Morgan fingerprint density at radius 3 is 2.40 bits per heavy atom. The van der Waals surface area contributed by atoms with Crippen molar-refractivity contribution in [2.75, 3.05) is 5.33 Å². The van der Waals surface area contributed by atoms with Crippen molar-refractivity contribution >= 4 is 31.9 Å². The van der Waals surface area contributed by atoms with Gasteiger partial charge in [0.05, 0.1) is 5.56 Å². The summed E-state index contributed by atoms with van der Waals surface area (Å²) >= 11 is 6.50. The van der Waals surface area contributed by atoms with Gasteiger partial charge in [-0.05, 0) is 36.6 Å². The molecule has 0 aromatic heterocycles. The number of rotatable bonds is 3. The minimum absolute atomic E-state index is 0.588. The number of benzene rings is 1. The molecule has 0 fully saturated rings. The van der Waals surface area contributed by atoms with Crippen molar-refractivity contribution < 1.29 is 13.2 Å². The van der Waals surface area contributed by atoms with Gasteiger partial charge < -0.3 is 0 Å². The molecule has 84 valence electrons. The number of hydrogen-bond acceptors (Lipinski definition) is 0. The summed E-state index contributed by atoms with van der Waals surface area (Å²) in [5, 5.41) is 0.787. The number of halogens is 5. The zero-order valence-electron chi connectivity index (χ0n) is 7.74. The molecule has 0 saturated heterocycles. The Balaban J connectivity index is 2.95. The second kappa shape index (κ2) is 5.34. The third-order valence-electron chi connectivity index (χ3n) is 1.95. The summed E-state index contributed by atoms with van der Waals surface area (Å²) in [6.07, 6.45) is -2.81. The SMILES string of the molecule is FC(F)(F)c1ccc(Br)c(CCCBr)c1. The van der Waals surface area contributed by atoms with Crippen LogP contribution in [0.1, 0.15) is 17.5 Å². The van der Waals surface area contributed by atoms with Crippen molar-refractivity contribution in [3.63, 3.8) is 0 Å². The monoisotopic (exact) mass is 344 g/mol. The predicted octanol–water partition coefficient (Wildman–Crippen LogP) is 4.80. The maximum Gasteiger partial charge on any atom is 0.416 e. The maximum atomic E-state index is 12.4. The first-order chi connectivity index (χ1) is 6.95. The average Bonchev–Trinajstić information content (AvgIpc) is 2.15. The lowest BCUT2D eigenvalue weighted by Crippen LogP contribution is -2.05. The number of aryl methyl sites for hydroxylation is 1. The normalized spacial score (nSPS) is 11.8. The second-order valence-electron chi connectivity index (χ2n) is 3.10. The van der Waals surface area contributed by atoms with Crippen LogP contribution >= 0.6 is 31.9 Å². The predicted molar refractivity (Wildman–Crippen MR) is 61.3 cm³/mol. The van der Waals surface area contributed by atoms with Crippen molar-refractivity contribution in [3.05, 3.63) is 33.8 Å². The molecule has 0 N–H and O–H groups in total. The Labute approximate surface area is 103 Å². The van der Waals surface area contributed by atoms with Gasteiger partial charge in [-0.15, -0.1) is 0 Å². The molecule has 0 bridgehead atoms. The fraction of sp³-hybridized carbons (Fsp3) is 0.400. The van der Waals surface area contributed by atoms with Crippen LogP contribution < -0.4 is 0 Å². The fourth-order valence-electron chi connectivity index (χ4n) is 1.20. The topological polar surface area (TPSA) is 0 Å². The highest BCUT2D eigenvalue weighted by Gasteiger charge is 2.30. The van der Waals surface area contributed by atoms with Crippen molar-refractivity contribution in [1.29, 1.82) is 0 Å². The van der Waals surface area contributed by atoms with E-state index in [2.05, 4.69) is 31.9 Å². The van der Waals surface area contributed by atoms with Crippen LogP contribution in [0.4, 0.5) is 13.2 Å². The molecule has 0 spiro atoms. The van der Waals surface area contributed by atoms with E-state index in [-0.39, 0.29) is 0 Å². The first-order valence-electron chi connectivity index (χ1n) is 4.36. The van der Waals surface area contributed by atoms with Gasteiger partial charge in [-0.3, -0.25) is 0 Å². The van der Waals surface area contributed by atoms with Crippen LogP contribution in [0.2, 0.25) is 0 Å². The van der Waals surface area contributed by atoms with E-state index in [1.165, 1.54) is 12.1 Å². The molecule has 1 aromatic carbocycles. The lowest BCUT2D eigenvalue weighted by atomic mass is 10.1. The molecule has 0 aliphatic rings. The lowest BCUT2D eigenvalue weighted by Gasteiger charge is -2.10. The molecular weight excluding hydrogens is 337 g/mol. The van der Waals surface area contributed by atoms with E-state index in [0.29, 0.717) is 12.0 Å². The summed E-state index contributed by atoms with van der Waals surface area (Å²) in [4.78, 5) is 0. The summed E-state index contributed by atoms with van der Waals surface area (Å²) in [6.45, 7) is 0. The third kappa shape index (κ3) is 3.79. The van der Waals surface area contributed by atoms with E-state index in [1.807, 2.05) is 0 Å². The molecule has 0 aliphatic carbocycles. The highest BCUT2D eigenvalue weighted by Crippen LogP contribution is 2.32. The first-order valence-corrected chi connectivity index (χ1v) is 6.28. The van der Waals surface area contributed by atoms with E-state index in [1.54, 1.807) is 0 Å². The van der Waals surface area contributed by atoms with Gasteiger partial charge in [0.15, 0.2) is 0 Å². The van der Waals surface area contributed by atoms with Gasteiger partial charge in [-0.2, -0.15) is 13.2 Å². The highest BCUT2D eigenvalue weighted by molar-refractivity contribution is 9.10. The molecule has 0 unspecified atom stereocenters. The molecule has 0 amide bonds. The molecule has 15 heavy (non-hydrogen) atoms. The summed E-state index contributed by atoms with van der Waals surface area (Å²) in [6, 6.07) is 3.74. The molecule has 0 saturated carbocycles. The number of alkyl halides is 4. The molecule has 0 radical (unpaired) electrons. The van der Waals surface area contributed by atoms with Crippen LogP contribution in [-0.2, 0) is 12.6 Å². The molecule has 0 nitrogen and oxygen atoms in total. The van der Waals surface area contributed by atoms with Gasteiger partial charge in [0.25, 0.3) is 0 Å². The summed E-state index contributed by atoms with van der Waals surface area (Å²) in [7, 11) is 0. The second-order valence-corrected chi connectivity index (χ2v) is 4.74. The van der Waals surface area contributed by atoms with Crippen LogP contribution in [0.3, 0.4) is 0 Å². The molecule has 1 aromatic rings. The van der Waals surface area contributed by atoms with Gasteiger partial charge in [-0.1, -0.05) is 31.9 Å². The largest absolute Gasteiger partial charge is 0.416 e. The Kier molecular flexibility index (Phi) is 4.64. The Bertz CT molecular complexity index is 334. The summed E-state index contributed by atoms with van der Waals surface area (Å²) < 4.78 is 37.9. The van der Waals surface area contributed by atoms with Gasteiger partial charge in [-0.25, -0.2) is 0 Å². The van der Waals surface area contributed by atoms with Crippen molar-refractivity contribution in [2.45, 2.75) is 19.0 Å². The minimum atomic E-state index is -4.26. The molecule has 1 rings (SSSR count). The van der Waals surface area contributed by atoms with Crippen LogP contribution in [0.25, 0.3) is 0 Å². The van der Waals surface area contributed by atoms with Crippen LogP contribution in [0.15, 0.2) is 22.7 Å². The summed E-state index contributed by atoms with van der Waals surface area (Å²) in [5.41, 5.74) is 0.111. The zero-order valence-corrected chi connectivity index (χ0v) is 10.9.